The van der Waals surface area contributed by atoms with Crippen molar-refractivity contribution in [2.24, 2.45) is 0 Å². The Bertz CT molecular complexity index is 468. The van der Waals surface area contributed by atoms with E-state index in [1.165, 1.54) is 6.08 Å². The Morgan fingerprint density at radius 2 is 2.11 bits per heavy atom. The molecule has 100 valence electrons. The third-order valence-electron chi connectivity index (χ3n) is 2.16. The van der Waals surface area contributed by atoms with Crippen LogP contribution in [-0.4, -0.2) is 29.0 Å². The van der Waals surface area contributed by atoms with E-state index < -0.39 is 0 Å². The van der Waals surface area contributed by atoms with Gasteiger partial charge in [0.05, 0.1) is 0 Å². The Labute approximate surface area is 122 Å². The maximum Gasteiger partial charge on any atom is 0.250 e. The molecule has 0 saturated carbocycles. The fraction of sp³-hybridized carbons (Fsp3) is 0.143. The van der Waals surface area contributed by atoms with Crippen molar-refractivity contribution in [2.45, 2.75) is 0 Å². The Morgan fingerprint density at radius 3 is 2.63 bits per heavy atom. The normalized spacial score (nSPS) is 10.1. The second-order valence-corrected chi connectivity index (χ2v) is 4.99. The van der Waals surface area contributed by atoms with Crippen molar-refractivity contribution in [1.82, 2.24) is 10.2 Å². The lowest BCUT2D eigenvalue weighted by Gasteiger charge is -2.21. The van der Waals surface area contributed by atoms with Crippen LogP contribution in [0, 0.1) is 0 Å². The van der Waals surface area contributed by atoms with E-state index in [2.05, 4.69) is 18.5 Å². The average molecular weight is 292 g/mol. The predicted octanol–water partition coefficient (Wildman–Crippen LogP) is 2.84. The summed E-state index contributed by atoms with van der Waals surface area (Å²) in [4.78, 5) is 14.5. The third-order valence-corrected chi connectivity index (χ3v) is 3.36. The van der Waals surface area contributed by atoms with Gasteiger partial charge < -0.3 is 4.90 Å². The summed E-state index contributed by atoms with van der Waals surface area (Å²) >= 11 is 6.73. The first-order valence-corrected chi connectivity index (χ1v) is 6.99. The number of amides is 1. The number of rotatable bonds is 6. The first-order valence-electron chi connectivity index (χ1n) is 5.70. The van der Waals surface area contributed by atoms with E-state index in [1.54, 1.807) is 34.5 Å². The standard InChI is InChI=1S/C14H16N2OS2/c1-3-9-16(10-4-2)14(18)15-13(17)8-7-12-6-5-11-19-12/h3-8,11H,1-2,9-10H2,(H,15,17,18)/b8-7-. The van der Waals surface area contributed by atoms with Crippen molar-refractivity contribution in [3.8, 4) is 0 Å². The van der Waals surface area contributed by atoms with Crippen molar-refractivity contribution in [3.63, 3.8) is 0 Å². The van der Waals surface area contributed by atoms with Crippen LogP contribution in [0.2, 0.25) is 0 Å². The van der Waals surface area contributed by atoms with Gasteiger partial charge in [0, 0.05) is 24.0 Å². The first-order chi connectivity index (χ1) is 9.17. The van der Waals surface area contributed by atoms with Crippen molar-refractivity contribution < 1.29 is 4.79 Å². The molecule has 1 aromatic heterocycles. The van der Waals surface area contributed by atoms with Crippen LogP contribution in [-0.2, 0) is 4.79 Å². The maximum atomic E-state index is 11.7. The zero-order valence-corrected chi connectivity index (χ0v) is 12.2. The quantitative estimate of drug-likeness (QED) is 0.497. The van der Waals surface area contributed by atoms with Gasteiger partial charge in [-0.05, 0) is 29.7 Å². The molecule has 0 aromatic carbocycles. The number of thiophene rings is 1. The molecule has 5 heteroatoms. The molecular formula is C14H16N2OS2. The Balaban J connectivity index is 2.52. The predicted molar refractivity (Wildman–Crippen MR) is 86.1 cm³/mol. The van der Waals surface area contributed by atoms with Gasteiger partial charge in [-0.3, -0.25) is 10.1 Å². The molecular weight excluding hydrogens is 276 g/mol. The van der Waals surface area contributed by atoms with Crippen LogP contribution in [0.25, 0.3) is 6.08 Å². The van der Waals surface area contributed by atoms with Crippen LogP contribution < -0.4 is 5.32 Å². The molecule has 0 spiro atoms. The highest BCUT2D eigenvalue weighted by Crippen LogP contribution is 2.09. The Hall–Kier alpha value is -1.72. The lowest BCUT2D eigenvalue weighted by atomic mass is 10.4. The van der Waals surface area contributed by atoms with Crippen LogP contribution >= 0.6 is 23.6 Å². The molecule has 0 atom stereocenters. The summed E-state index contributed by atoms with van der Waals surface area (Å²) in [7, 11) is 0. The van der Waals surface area contributed by atoms with Crippen molar-refractivity contribution in [2.75, 3.05) is 13.1 Å². The molecule has 0 fully saturated rings. The molecule has 0 saturated heterocycles. The summed E-state index contributed by atoms with van der Waals surface area (Å²) in [5.74, 6) is -0.239. The van der Waals surface area contributed by atoms with Crippen LogP contribution in [0.4, 0.5) is 0 Å². The van der Waals surface area contributed by atoms with Crippen molar-refractivity contribution in [3.05, 3.63) is 53.8 Å². The zero-order valence-electron chi connectivity index (χ0n) is 10.5. The van der Waals surface area contributed by atoms with Crippen molar-refractivity contribution in [1.29, 1.82) is 0 Å². The van der Waals surface area contributed by atoms with E-state index >= 15 is 0 Å². The fourth-order valence-corrected chi connectivity index (χ4v) is 2.19. The molecule has 1 N–H and O–H groups in total. The Morgan fingerprint density at radius 1 is 1.42 bits per heavy atom. The highest BCUT2D eigenvalue weighted by Gasteiger charge is 2.08. The minimum absolute atomic E-state index is 0.239. The molecule has 3 nitrogen and oxygen atoms in total. The number of nitrogens with one attached hydrogen (secondary N) is 1. The van der Waals surface area contributed by atoms with E-state index in [9.17, 15) is 4.79 Å². The average Bonchev–Trinajstić information content (AvgIpc) is 2.89. The molecule has 0 aliphatic carbocycles. The zero-order chi connectivity index (χ0) is 14.1. The molecule has 1 aromatic rings. The smallest absolute Gasteiger partial charge is 0.250 e. The summed E-state index contributed by atoms with van der Waals surface area (Å²) < 4.78 is 0. The van der Waals surface area contributed by atoms with Gasteiger partial charge >= 0.3 is 0 Å². The molecule has 0 unspecified atom stereocenters. The summed E-state index contributed by atoms with van der Waals surface area (Å²) in [5, 5.41) is 4.98. The third kappa shape index (κ3) is 5.63. The van der Waals surface area contributed by atoms with Gasteiger partial charge in [-0.1, -0.05) is 18.2 Å². The van der Waals surface area contributed by atoms with Crippen molar-refractivity contribution >= 4 is 40.7 Å². The summed E-state index contributed by atoms with van der Waals surface area (Å²) in [6.45, 7) is 8.45. The number of thiocarbonyl (C=S) groups is 1. The maximum absolute atomic E-state index is 11.7. The van der Waals surface area contributed by atoms with Gasteiger partial charge in [0.25, 0.3) is 0 Å². The fourth-order valence-electron chi connectivity index (χ4n) is 1.32. The van der Waals surface area contributed by atoms with E-state index in [0.29, 0.717) is 18.2 Å². The van der Waals surface area contributed by atoms with Crippen LogP contribution in [0.5, 0.6) is 0 Å². The molecule has 1 heterocycles. The lowest BCUT2D eigenvalue weighted by molar-refractivity contribution is -0.115. The van der Waals surface area contributed by atoms with Crippen LogP contribution in [0.1, 0.15) is 4.88 Å². The van der Waals surface area contributed by atoms with Gasteiger partial charge in [0.15, 0.2) is 5.11 Å². The summed E-state index contributed by atoms with van der Waals surface area (Å²) in [6.07, 6.45) is 6.68. The number of carbonyl (C=O) groups excluding carboxylic acids is 1. The minimum Gasteiger partial charge on any atom is -0.342 e. The van der Waals surface area contributed by atoms with E-state index in [4.69, 9.17) is 12.2 Å². The SMILES string of the molecule is C=CCN(CC=C)C(=S)NC(=O)/C=C\c1cccs1. The minimum atomic E-state index is -0.239. The molecule has 0 aliphatic rings. The van der Waals surface area contributed by atoms with Crippen LogP contribution in [0.15, 0.2) is 48.9 Å². The molecule has 1 amide bonds. The number of hydrogen-bond acceptors (Lipinski definition) is 3. The number of nitrogens with zero attached hydrogens (tertiary/aromatic N) is 1. The second kappa shape index (κ2) is 8.39. The highest BCUT2D eigenvalue weighted by molar-refractivity contribution is 7.80. The summed E-state index contributed by atoms with van der Waals surface area (Å²) in [5.41, 5.74) is 0. The topological polar surface area (TPSA) is 32.3 Å². The van der Waals surface area contributed by atoms with E-state index in [1.807, 2.05) is 17.5 Å². The first kappa shape index (κ1) is 15.3. The van der Waals surface area contributed by atoms with E-state index in [-0.39, 0.29) is 5.91 Å². The largest absolute Gasteiger partial charge is 0.342 e. The molecule has 1 rings (SSSR count). The number of hydrogen-bond donors (Lipinski definition) is 1. The Kier molecular flexibility index (Phi) is 6.78. The van der Waals surface area contributed by atoms with Crippen LogP contribution in [0.3, 0.4) is 0 Å². The molecule has 0 aliphatic heterocycles. The molecule has 0 radical (unpaired) electrons. The second-order valence-electron chi connectivity index (χ2n) is 3.63. The lowest BCUT2D eigenvalue weighted by Crippen LogP contribution is -2.42. The van der Waals surface area contributed by atoms with Gasteiger partial charge in [-0.2, -0.15) is 0 Å². The molecule has 19 heavy (non-hydrogen) atoms. The monoisotopic (exact) mass is 292 g/mol. The van der Waals surface area contributed by atoms with E-state index in [0.717, 1.165) is 4.88 Å². The van der Waals surface area contributed by atoms with Gasteiger partial charge in [0.2, 0.25) is 5.91 Å². The number of carbonyl (C=O) groups is 1. The molecule has 0 bridgehead atoms. The van der Waals surface area contributed by atoms with Gasteiger partial charge in [-0.25, -0.2) is 0 Å². The van der Waals surface area contributed by atoms with Gasteiger partial charge in [-0.15, -0.1) is 24.5 Å². The highest BCUT2D eigenvalue weighted by atomic mass is 32.1. The van der Waals surface area contributed by atoms with Gasteiger partial charge in [0.1, 0.15) is 0 Å². The summed E-state index contributed by atoms with van der Waals surface area (Å²) in [6, 6.07) is 3.87.